The maximum absolute atomic E-state index is 12.3. The molecular weight excluding hydrogens is 378 g/mol. The third kappa shape index (κ3) is 3.31. The van der Waals surface area contributed by atoms with E-state index in [1.165, 1.54) is 14.2 Å². The van der Waals surface area contributed by atoms with E-state index in [2.05, 4.69) is 17.1 Å². The number of methoxy groups -OCH3 is 2. The molecule has 0 bridgehead atoms. The second-order valence-electron chi connectivity index (χ2n) is 6.62. The largest absolute Gasteiger partial charge is 0.464 e. The zero-order valence-electron chi connectivity index (χ0n) is 16.6. The Balaban J connectivity index is 2.10. The van der Waals surface area contributed by atoms with Gasteiger partial charge in [0.05, 0.1) is 19.9 Å². The second-order valence-corrected chi connectivity index (χ2v) is 6.62. The number of benzene rings is 3. The Morgan fingerprint density at radius 1 is 0.633 bits per heavy atom. The lowest BCUT2D eigenvalue weighted by molar-refractivity contribution is -0.138. The first-order valence-electron chi connectivity index (χ1n) is 9.40. The van der Waals surface area contributed by atoms with Gasteiger partial charge < -0.3 is 9.47 Å². The molecule has 0 radical (unpaired) electrons. The molecule has 5 nitrogen and oxygen atoms in total. The fraction of sp³-hybridized carbons (Fsp3) is 0.0800. The Hall–Kier alpha value is -3.99. The number of esters is 2. The van der Waals surface area contributed by atoms with Gasteiger partial charge in [-0.1, -0.05) is 78.9 Å². The van der Waals surface area contributed by atoms with Gasteiger partial charge in [-0.05, 0) is 22.3 Å². The summed E-state index contributed by atoms with van der Waals surface area (Å²) in [6.45, 7) is 0. The Morgan fingerprint density at radius 2 is 1.07 bits per heavy atom. The highest BCUT2D eigenvalue weighted by Crippen LogP contribution is 2.47. The molecule has 3 aromatic carbocycles. The molecule has 0 amide bonds. The first-order chi connectivity index (χ1) is 14.7. The SMILES string of the molecule is COC(=O)C(=NC(=C1c2ccccc2-c2ccccc21)c1ccccc1)C(=O)OC. The first kappa shape index (κ1) is 19.3. The van der Waals surface area contributed by atoms with Crippen molar-refractivity contribution in [2.75, 3.05) is 14.2 Å². The predicted octanol–water partition coefficient (Wildman–Crippen LogP) is 4.37. The van der Waals surface area contributed by atoms with Gasteiger partial charge in [-0.15, -0.1) is 0 Å². The van der Waals surface area contributed by atoms with E-state index in [0.29, 0.717) is 5.70 Å². The minimum absolute atomic E-state index is 0.409. The van der Waals surface area contributed by atoms with Crippen LogP contribution in [-0.2, 0) is 19.1 Å². The van der Waals surface area contributed by atoms with Crippen LogP contribution in [0.4, 0.5) is 0 Å². The molecule has 0 aromatic heterocycles. The van der Waals surface area contributed by atoms with E-state index in [1.807, 2.05) is 66.7 Å². The minimum Gasteiger partial charge on any atom is -0.464 e. The number of fused-ring (bicyclic) bond motifs is 3. The zero-order valence-corrected chi connectivity index (χ0v) is 16.6. The quantitative estimate of drug-likeness (QED) is 0.291. The summed E-state index contributed by atoms with van der Waals surface area (Å²) in [4.78, 5) is 29.1. The molecule has 0 saturated heterocycles. The van der Waals surface area contributed by atoms with Crippen LogP contribution in [0.15, 0.2) is 83.9 Å². The van der Waals surface area contributed by atoms with Crippen LogP contribution in [-0.4, -0.2) is 31.9 Å². The average Bonchev–Trinajstić information content (AvgIpc) is 3.14. The molecule has 1 aliphatic rings. The monoisotopic (exact) mass is 397 g/mol. The van der Waals surface area contributed by atoms with E-state index in [0.717, 1.165) is 33.4 Å². The Morgan fingerprint density at radius 3 is 1.53 bits per heavy atom. The lowest BCUT2D eigenvalue weighted by Gasteiger charge is -2.12. The van der Waals surface area contributed by atoms with Crippen molar-refractivity contribution >= 4 is 28.9 Å². The van der Waals surface area contributed by atoms with Crippen molar-refractivity contribution in [3.8, 4) is 11.1 Å². The first-order valence-corrected chi connectivity index (χ1v) is 9.40. The van der Waals surface area contributed by atoms with Gasteiger partial charge >= 0.3 is 11.9 Å². The minimum atomic E-state index is -0.851. The number of hydrogen-bond acceptors (Lipinski definition) is 5. The van der Waals surface area contributed by atoms with Gasteiger partial charge in [-0.2, -0.15) is 0 Å². The Kier molecular flexibility index (Phi) is 5.26. The molecule has 0 heterocycles. The third-order valence-electron chi connectivity index (χ3n) is 4.95. The highest BCUT2D eigenvalue weighted by atomic mass is 16.5. The molecule has 5 heteroatoms. The van der Waals surface area contributed by atoms with Crippen molar-refractivity contribution in [1.29, 1.82) is 0 Å². The van der Waals surface area contributed by atoms with Crippen LogP contribution in [0.2, 0.25) is 0 Å². The normalized spacial score (nSPS) is 11.2. The van der Waals surface area contributed by atoms with Gasteiger partial charge in [-0.3, -0.25) is 0 Å². The summed E-state index contributed by atoms with van der Waals surface area (Å²) < 4.78 is 9.56. The number of aliphatic imine (C=N–C) groups is 1. The lowest BCUT2D eigenvalue weighted by Crippen LogP contribution is -2.26. The molecule has 30 heavy (non-hydrogen) atoms. The Bertz CT molecular complexity index is 1130. The van der Waals surface area contributed by atoms with E-state index in [1.54, 1.807) is 0 Å². The van der Waals surface area contributed by atoms with Gasteiger partial charge in [0.1, 0.15) is 0 Å². The Labute approximate surface area is 174 Å². The maximum atomic E-state index is 12.3. The van der Waals surface area contributed by atoms with E-state index < -0.39 is 17.7 Å². The smallest absolute Gasteiger partial charge is 0.364 e. The fourth-order valence-corrected chi connectivity index (χ4v) is 3.61. The lowest BCUT2D eigenvalue weighted by atomic mass is 9.98. The molecular formula is C25H19NO4. The van der Waals surface area contributed by atoms with Crippen LogP contribution < -0.4 is 0 Å². The summed E-state index contributed by atoms with van der Waals surface area (Å²) in [5.74, 6) is -1.70. The van der Waals surface area contributed by atoms with Gasteiger partial charge in [-0.25, -0.2) is 14.6 Å². The number of rotatable bonds is 4. The van der Waals surface area contributed by atoms with Crippen LogP contribution in [0.3, 0.4) is 0 Å². The van der Waals surface area contributed by atoms with Crippen LogP contribution in [0, 0.1) is 0 Å². The van der Waals surface area contributed by atoms with Crippen molar-refractivity contribution in [3.05, 3.63) is 95.6 Å². The van der Waals surface area contributed by atoms with Gasteiger partial charge in [0.2, 0.25) is 5.71 Å². The topological polar surface area (TPSA) is 65.0 Å². The molecule has 0 spiro atoms. The highest BCUT2D eigenvalue weighted by Gasteiger charge is 2.29. The van der Waals surface area contributed by atoms with Crippen molar-refractivity contribution in [1.82, 2.24) is 0 Å². The molecule has 0 saturated carbocycles. The van der Waals surface area contributed by atoms with Gasteiger partial charge in [0.15, 0.2) is 0 Å². The van der Waals surface area contributed by atoms with E-state index in [9.17, 15) is 9.59 Å². The molecule has 1 aliphatic carbocycles. The molecule has 3 aromatic rings. The molecule has 0 unspecified atom stereocenters. The van der Waals surface area contributed by atoms with Crippen molar-refractivity contribution in [2.24, 2.45) is 4.99 Å². The van der Waals surface area contributed by atoms with Gasteiger partial charge in [0.25, 0.3) is 0 Å². The maximum Gasteiger partial charge on any atom is 0.364 e. The molecule has 4 rings (SSSR count). The number of nitrogens with zero attached hydrogens (tertiary/aromatic N) is 1. The number of ether oxygens (including phenoxy) is 2. The van der Waals surface area contributed by atoms with E-state index >= 15 is 0 Å². The standard InChI is InChI=1S/C25H19NO4/c1-29-24(27)23(25(28)30-2)26-22(16-10-4-3-5-11-16)21-19-14-8-6-12-17(19)18-13-7-9-15-20(18)21/h3-15H,1-2H3. The summed E-state index contributed by atoms with van der Waals surface area (Å²) in [7, 11) is 2.41. The summed E-state index contributed by atoms with van der Waals surface area (Å²) in [6, 6.07) is 25.5. The fourth-order valence-electron chi connectivity index (χ4n) is 3.61. The summed E-state index contributed by atoms with van der Waals surface area (Å²) in [5, 5.41) is 0. The van der Waals surface area contributed by atoms with E-state index in [-0.39, 0.29) is 0 Å². The van der Waals surface area contributed by atoms with Crippen LogP contribution in [0.1, 0.15) is 16.7 Å². The number of hydrogen-bond donors (Lipinski definition) is 0. The zero-order chi connectivity index (χ0) is 21.1. The predicted molar refractivity (Wildman–Crippen MR) is 116 cm³/mol. The number of carbonyl (C=O) groups excluding carboxylic acids is 2. The summed E-state index contributed by atoms with van der Waals surface area (Å²) in [5.41, 5.74) is 5.81. The molecule has 0 N–H and O–H groups in total. The number of carbonyl (C=O) groups is 2. The van der Waals surface area contributed by atoms with Crippen LogP contribution in [0.25, 0.3) is 22.4 Å². The van der Waals surface area contributed by atoms with Crippen LogP contribution in [0.5, 0.6) is 0 Å². The van der Waals surface area contributed by atoms with Crippen molar-refractivity contribution < 1.29 is 19.1 Å². The third-order valence-corrected chi connectivity index (χ3v) is 4.95. The van der Waals surface area contributed by atoms with E-state index in [4.69, 9.17) is 9.47 Å². The van der Waals surface area contributed by atoms with Crippen molar-refractivity contribution in [2.45, 2.75) is 0 Å². The molecule has 0 aliphatic heterocycles. The highest BCUT2D eigenvalue weighted by molar-refractivity contribution is 6.63. The second kappa shape index (κ2) is 8.17. The van der Waals surface area contributed by atoms with Crippen molar-refractivity contribution in [3.63, 3.8) is 0 Å². The summed E-state index contributed by atoms with van der Waals surface area (Å²) in [6.07, 6.45) is 0. The van der Waals surface area contributed by atoms with Gasteiger partial charge in [0, 0.05) is 11.1 Å². The molecule has 148 valence electrons. The molecule has 0 fully saturated rings. The summed E-state index contributed by atoms with van der Waals surface area (Å²) >= 11 is 0. The average molecular weight is 397 g/mol. The molecule has 0 atom stereocenters. The van der Waals surface area contributed by atoms with Crippen LogP contribution >= 0.6 is 0 Å².